The Labute approximate surface area is 102 Å². The summed E-state index contributed by atoms with van der Waals surface area (Å²) >= 11 is 3.55. The van der Waals surface area contributed by atoms with Crippen molar-refractivity contribution >= 4 is 21.6 Å². The highest BCUT2D eigenvalue weighted by atomic mass is 79.9. The SMILES string of the molecule is CCCN(CCC)c1ccccc1CBr. The first-order chi connectivity index (χ1) is 7.33. The predicted octanol–water partition coefficient (Wildman–Crippen LogP) is 4.21. The lowest BCUT2D eigenvalue weighted by molar-refractivity contribution is 0.742. The van der Waals surface area contributed by atoms with Crippen LogP contribution in [-0.2, 0) is 5.33 Å². The third-order valence-corrected chi connectivity index (χ3v) is 3.07. The molecule has 0 saturated carbocycles. The number of anilines is 1. The molecule has 0 radical (unpaired) electrons. The zero-order chi connectivity index (χ0) is 11.1. The molecule has 1 nitrogen and oxygen atoms in total. The largest absolute Gasteiger partial charge is 0.371 e. The van der Waals surface area contributed by atoms with Crippen molar-refractivity contribution in [3.05, 3.63) is 29.8 Å². The van der Waals surface area contributed by atoms with Crippen molar-refractivity contribution < 1.29 is 0 Å². The number of rotatable bonds is 6. The van der Waals surface area contributed by atoms with Gasteiger partial charge in [0.15, 0.2) is 0 Å². The van der Waals surface area contributed by atoms with Crippen LogP contribution in [0.5, 0.6) is 0 Å². The van der Waals surface area contributed by atoms with E-state index in [4.69, 9.17) is 0 Å². The van der Waals surface area contributed by atoms with Gasteiger partial charge in [0.25, 0.3) is 0 Å². The third kappa shape index (κ3) is 3.53. The van der Waals surface area contributed by atoms with Crippen molar-refractivity contribution in [1.29, 1.82) is 0 Å². The highest BCUT2D eigenvalue weighted by Crippen LogP contribution is 2.22. The molecule has 0 N–H and O–H groups in total. The minimum Gasteiger partial charge on any atom is -0.371 e. The molecule has 2 heteroatoms. The van der Waals surface area contributed by atoms with Gasteiger partial charge in [-0.25, -0.2) is 0 Å². The van der Waals surface area contributed by atoms with Crippen molar-refractivity contribution in [2.24, 2.45) is 0 Å². The summed E-state index contributed by atoms with van der Waals surface area (Å²) in [6, 6.07) is 8.65. The van der Waals surface area contributed by atoms with Crippen molar-refractivity contribution in [3.8, 4) is 0 Å². The molecule has 0 aromatic heterocycles. The van der Waals surface area contributed by atoms with Crippen LogP contribution >= 0.6 is 15.9 Å². The van der Waals surface area contributed by atoms with Gasteiger partial charge in [-0.3, -0.25) is 0 Å². The molecule has 0 amide bonds. The van der Waals surface area contributed by atoms with Crippen LogP contribution in [-0.4, -0.2) is 13.1 Å². The second-order valence-electron chi connectivity index (χ2n) is 3.75. The zero-order valence-electron chi connectivity index (χ0n) is 9.67. The van der Waals surface area contributed by atoms with Crippen LogP contribution in [0.25, 0.3) is 0 Å². The lowest BCUT2D eigenvalue weighted by Crippen LogP contribution is -2.25. The normalized spacial score (nSPS) is 10.3. The molecule has 0 unspecified atom stereocenters. The molecule has 0 spiro atoms. The Morgan fingerprint density at radius 2 is 1.67 bits per heavy atom. The van der Waals surface area contributed by atoms with Gasteiger partial charge in [-0.1, -0.05) is 48.0 Å². The second-order valence-corrected chi connectivity index (χ2v) is 4.31. The Bertz CT molecular complexity index is 280. The van der Waals surface area contributed by atoms with Crippen LogP contribution in [0, 0.1) is 0 Å². The standard InChI is InChI=1S/C13H20BrN/c1-3-9-15(10-4-2)13-8-6-5-7-12(13)11-14/h5-8H,3-4,9-11H2,1-2H3. The number of hydrogen-bond acceptors (Lipinski definition) is 1. The lowest BCUT2D eigenvalue weighted by atomic mass is 10.1. The maximum atomic E-state index is 3.55. The van der Waals surface area contributed by atoms with E-state index < -0.39 is 0 Å². The first-order valence-electron chi connectivity index (χ1n) is 5.72. The molecule has 0 saturated heterocycles. The quantitative estimate of drug-likeness (QED) is 0.700. The maximum absolute atomic E-state index is 3.55. The van der Waals surface area contributed by atoms with E-state index in [9.17, 15) is 0 Å². The summed E-state index contributed by atoms with van der Waals surface area (Å²) in [6.07, 6.45) is 2.41. The molecule has 84 valence electrons. The van der Waals surface area contributed by atoms with E-state index >= 15 is 0 Å². The summed E-state index contributed by atoms with van der Waals surface area (Å²) in [6.45, 7) is 6.77. The van der Waals surface area contributed by atoms with Gasteiger partial charge in [-0.2, -0.15) is 0 Å². The summed E-state index contributed by atoms with van der Waals surface area (Å²) in [5, 5.41) is 0.938. The summed E-state index contributed by atoms with van der Waals surface area (Å²) in [7, 11) is 0. The van der Waals surface area contributed by atoms with Gasteiger partial charge in [0, 0.05) is 24.1 Å². The number of halogens is 1. The Morgan fingerprint density at radius 3 is 2.20 bits per heavy atom. The molecule has 0 aliphatic heterocycles. The number of benzene rings is 1. The summed E-state index contributed by atoms with van der Waals surface area (Å²) in [4.78, 5) is 2.48. The van der Waals surface area contributed by atoms with Gasteiger partial charge in [-0.15, -0.1) is 0 Å². The molecule has 0 heterocycles. The summed E-state index contributed by atoms with van der Waals surface area (Å²) < 4.78 is 0. The first kappa shape index (κ1) is 12.6. The fourth-order valence-electron chi connectivity index (χ4n) is 1.82. The van der Waals surface area contributed by atoms with Crippen molar-refractivity contribution in [3.63, 3.8) is 0 Å². The molecule has 0 aliphatic rings. The average molecular weight is 270 g/mol. The highest BCUT2D eigenvalue weighted by Gasteiger charge is 2.07. The Morgan fingerprint density at radius 1 is 1.07 bits per heavy atom. The van der Waals surface area contributed by atoms with Gasteiger partial charge in [0.1, 0.15) is 0 Å². The smallest absolute Gasteiger partial charge is 0.0407 e. The zero-order valence-corrected chi connectivity index (χ0v) is 11.3. The van der Waals surface area contributed by atoms with Gasteiger partial charge in [0.2, 0.25) is 0 Å². The molecule has 0 bridgehead atoms. The Balaban J connectivity index is 2.88. The van der Waals surface area contributed by atoms with Crippen LogP contribution in [0.2, 0.25) is 0 Å². The summed E-state index contributed by atoms with van der Waals surface area (Å²) in [5.74, 6) is 0. The minimum atomic E-state index is 0.938. The molecule has 0 aliphatic carbocycles. The van der Waals surface area contributed by atoms with E-state index in [0.29, 0.717) is 0 Å². The fourth-order valence-corrected chi connectivity index (χ4v) is 2.30. The van der Waals surface area contributed by atoms with E-state index in [2.05, 4.69) is 58.9 Å². The molecule has 1 aromatic rings. The van der Waals surface area contributed by atoms with E-state index in [1.807, 2.05) is 0 Å². The topological polar surface area (TPSA) is 3.24 Å². The molecule has 1 rings (SSSR count). The number of para-hydroxylation sites is 1. The highest BCUT2D eigenvalue weighted by molar-refractivity contribution is 9.08. The number of alkyl halides is 1. The third-order valence-electron chi connectivity index (χ3n) is 2.46. The van der Waals surface area contributed by atoms with Gasteiger partial charge in [0.05, 0.1) is 0 Å². The molecule has 15 heavy (non-hydrogen) atoms. The van der Waals surface area contributed by atoms with Gasteiger partial charge >= 0.3 is 0 Å². The van der Waals surface area contributed by atoms with Crippen LogP contribution in [0.1, 0.15) is 32.3 Å². The lowest BCUT2D eigenvalue weighted by Gasteiger charge is -2.25. The van der Waals surface area contributed by atoms with E-state index in [-0.39, 0.29) is 0 Å². The van der Waals surface area contributed by atoms with Gasteiger partial charge in [-0.05, 0) is 24.5 Å². The van der Waals surface area contributed by atoms with E-state index in [0.717, 1.165) is 18.4 Å². The van der Waals surface area contributed by atoms with E-state index in [1.54, 1.807) is 0 Å². The molecule has 1 aromatic carbocycles. The number of hydrogen-bond donors (Lipinski definition) is 0. The van der Waals surface area contributed by atoms with Gasteiger partial charge < -0.3 is 4.90 Å². The van der Waals surface area contributed by atoms with Crippen LogP contribution < -0.4 is 4.90 Å². The molecule has 0 atom stereocenters. The average Bonchev–Trinajstić information content (AvgIpc) is 2.29. The Hall–Kier alpha value is -0.500. The monoisotopic (exact) mass is 269 g/mol. The predicted molar refractivity (Wildman–Crippen MR) is 71.9 cm³/mol. The first-order valence-corrected chi connectivity index (χ1v) is 6.84. The summed E-state index contributed by atoms with van der Waals surface area (Å²) in [5.41, 5.74) is 2.78. The van der Waals surface area contributed by atoms with Crippen LogP contribution in [0.3, 0.4) is 0 Å². The van der Waals surface area contributed by atoms with Crippen molar-refractivity contribution in [2.75, 3.05) is 18.0 Å². The van der Waals surface area contributed by atoms with Crippen LogP contribution in [0.4, 0.5) is 5.69 Å². The van der Waals surface area contributed by atoms with Crippen molar-refractivity contribution in [1.82, 2.24) is 0 Å². The second kappa shape index (κ2) is 6.89. The van der Waals surface area contributed by atoms with E-state index in [1.165, 1.54) is 24.1 Å². The van der Waals surface area contributed by atoms with Crippen molar-refractivity contribution in [2.45, 2.75) is 32.0 Å². The fraction of sp³-hybridized carbons (Fsp3) is 0.538. The molecular weight excluding hydrogens is 250 g/mol. The Kier molecular flexibility index (Phi) is 5.77. The minimum absolute atomic E-state index is 0.938. The van der Waals surface area contributed by atoms with Crippen LogP contribution in [0.15, 0.2) is 24.3 Å². The molecular formula is C13H20BrN. The molecule has 0 fully saturated rings. The number of nitrogens with zero attached hydrogens (tertiary/aromatic N) is 1. The maximum Gasteiger partial charge on any atom is 0.0407 e.